The van der Waals surface area contributed by atoms with Crippen molar-refractivity contribution < 1.29 is 4.74 Å². The van der Waals surface area contributed by atoms with Crippen LogP contribution in [0.5, 0.6) is 11.6 Å². The minimum absolute atomic E-state index is 0.389. The lowest BCUT2D eigenvalue weighted by atomic mass is 10.2. The summed E-state index contributed by atoms with van der Waals surface area (Å²) in [6.45, 7) is 3.92. The Bertz CT molecular complexity index is 572. The van der Waals surface area contributed by atoms with Crippen LogP contribution >= 0.6 is 11.6 Å². The molecule has 0 amide bonds. The number of halogens is 1. The van der Waals surface area contributed by atoms with E-state index < -0.39 is 0 Å². The van der Waals surface area contributed by atoms with E-state index in [4.69, 9.17) is 22.1 Å². The van der Waals surface area contributed by atoms with Crippen LogP contribution in [0.2, 0.25) is 5.02 Å². The fraction of sp³-hybridized carbons (Fsp3) is 0.231. The van der Waals surface area contributed by atoms with Crippen LogP contribution in [-0.2, 0) is 6.42 Å². The predicted molar refractivity (Wildman–Crippen MR) is 72.1 cm³/mol. The summed E-state index contributed by atoms with van der Waals surface area (Å²) >= 11 is 6.06. The molecule has 5 heteroatoms. The number of benzene rings is 1. The van der Waals surface area contributed by atoms with Crippen molar-refractivity contribution in [2.45, 2.75) is 20.3 Å². The first-order valence-corrected chi connectivity index (χ1v) is 6.03. The normalized spacial score (nSPS) is 10.4. The molecule has 0 bridgehead atoms. The number of ether oxygens (including phenoxy) is 1. The molecule has 0 saturated carbocycles. The van der Waals surface area contributed by atoms with Gasteiger partial charge in [0.05, 0.1) is 5.02 Å². The lowest BCUT2D eigenvalue weighted by Crippen LogP contribution is -2.00. The molecule has 0 radical (unpaired) electrons. The molecule has 0 atom stereocenters. The first-order valence-electron chi connectivity index (χ1n) is 5.66. The van der Waals surface area contributed by atoms with Gasteiger partial charge in [-0.15, -0.1) is 0 Å². The van der Waals surface area contributed by atoms with E-state index in [1.807, 2.05) is 26.0 Å². The van der Waals surface area contributed by atoms with Gasteiger partial charge in [-0.25, -0.2) is 4.98 Å². The van der Waals surface area contributed by atoms with Crippen molar-refractivity contribution in [2.75, 3.05) is 5.73 Å². The summed E-state index contributed by atoms with van der Waals surface area (Å²) in [6.07, 6.45) is 0.697. The van der Waals surface area contributed by atoms with Gasteiger partial charge in [0.2, 0.25) is 5.88 Å². The van der Waals surface area contributed by atoms with E-state index >= 15 is 0 Å². The van der Waals surface area contributed by atoms with Crippen LogP contribution in [0.25, 0.3) is 0 Å². The topological polar surface area (TPSA) is 61.0 Å². The molecule has 0 unspecified atom stereocenters. The minimum Gasteiger partial charge on any atom is -0.437 e. The zero-order chi connectivity index (χ0) is 13.1. The average Bonchev–Trinajstić information content (AvgIpc) is 2.33. The molecule has 94 valence electrons. The first kappa shape index (κ1) is 12.6. The third-order valence-corrected chi connectivity index (χ3v) is 2.70. The van der Waals surface area contributed by atoms with Gasteiger partial charge < -0.3 is 10.5 Å². The number of nitrogens with zero attached hydrogens (tertiary/aromatic N) is 2. The van der Waals surface area contributed by atoms with Crippen molar-refractivity contribution in [2.24, 2.45) is 0 Å². The Hall–Kier alpha value is -1.81. The van der Waals surface area contributed by atoms with E-state index in [-0.39, 0.29) is 0 Å². The quantitative estimate of drug-likeness (QED) is 0.922. The van der Waals surface area contributed by atoms with Gasteiger partial charge in [-0.2, -0.15) is 4.98 Å². The Kier molecular flexibility index (Phi) is 3.67. The van der Waals surface area contributed by atoms with Gasteiger partial charge in [0.1, 0.15) is 17.4 Å². The monoisotopic (exact) mass is 263 g/mol. The summed E-state index contributed by atoms with van der Waals surface area (Å²) in [6, 6.07) is 7.14. The van der Waals surface area contributed by atoms with Crippen molar-refractivity contribution in [3.63, 3.8) is 0 Å². The number of aromatic nitrogens is 2. The second-order valence-corrected chi connectivity index (χ2v) is 4.34. The van der Waals surface area contributed by atoms with Crippen molar-refractivity contribution in [3.05, 3.63) is 40.7 Å². The molecule has 2 rings (SSSR count). The van der Waals surface area contributed by atoms with Crippen molar-refractivity contribution in [1.82, 2.24) is 9.97 Å². The van der Waals surface area contributed by atoms with Crippen LogP contribution in [0.4, 0.5) is 5.82 Å². The van der Waals surface area contributed by atoms with Crippen LogP contribution in [0, 0.1) is 6.92 Å². The second kappa shape index (κ2) is 5.23. The summed E-state index contributed by atoms with van der Waals surface area (Å²) in [5.41, 5.74) is 6.75. The summed E-state index contributed by atoms with van der Waals surface area (Å²) in [7, 11) is 0. The highest BCUT2D eigenvalue weighted by molar-refractivity contribution is 6.32. The molecule has 0 fully saturated rings. The molecule has 2 aromatic rings. The molecule has 0 spiro atoms. The number of anilines is 1. The van der Waals surface area contributed by atoms with Crippen LogP contribution < -0.4 is 10.5 Å². The SMILES string of the molecule is CCc1nc(N)cc(Oc2cc(C)ccc2Cl)n1. The molecule has 0 aliphatic heterocycles. The lowest BCUT2D eigenvalue weighted by molar-refractivity contribution is 0.459. The summed E-state index contributed by atoms with van der Waals surface area (Å²) in [5.74, 6) is 2.01. The highest BCUT2D eigenvalue weighted by atomic mass is 35.5. The van der Waals surface area contributed by atoms with Gasteiger partial charge in [0.25, 0.3) is 0 Å². The van der Waals surface area contributed by atoms with Crippen molar-refractivity contribution in [3.8, 4) is 11.6 Å². The summed E-state index contributed by atoms with van der Waals surface area (Å²) in [5, 5.41) is 0.538. The molecule has 1 aromatic carbocycles. The van der Waals surface area contributed by atoms with Gasteiger partial charge in [-0.1, -0.05) is 24.6 Å². The zero-order valence-corrected chi connectivity index (χ0v) is 11.0. The fourth-order valence-electron chi connectivity index (χ4n) is 1.50. The molecule has 2 N–H and O–H groups in total. The summed E-state index contributed by atoms with van der Waals surface area (Å²) < 4.78 is 5.65. The molecule has 0 aliphatic rings. The second-order valence-electron chi connectivity index (χ2n) is 3.94. The molecule has 4 nitrogen and oxygen atoms in total. The van der Waals surface area contributed by atoms with Crippen molar-refractivity contribution in [1.29, 1.82) is 0 Å². The van der Waals surface area contributed by atoms with E-state index in [0.717, 1.165) is 5.56 Å². The molecule has 18 heavy (non-hydrogen) atoms. The smallest absolute Gasteiger partial charge is 0.224 e. The maximum Gasteiger partial charge on any atom is 0.224 e. The number of rotatable bonds is 3. The van der Waals surface area contributed by atoms with Gasteiger partial charge in [-0.3, -0.25) is 0 Å². The molecule has 0 aliphatic carbocycles. The molecule has 0 saturated heterocycles. The number of hydrogen-bond acceptors (Lipinski definition) is 4. The van der Waals surface area contributed by atoms with E-state index in [1.165, 1.54) is 0 Å². The first-order chi connectivity index (χ1) is 8.58. The van der Waals surface area contributed by atoms with Crippen LogP contribution in [-0.4, -0.2) is 9.97 Å². The molecular weight excluding hydrogens is 250 g/mol. The van der Waals surface area contributed by atoms with Gasteiger partial charge in [-0.05, 0) is 24.6 Å². The fourth-order valence-corrected chi connectivity index (χ4v) is 1.66. The standard InChI is InChI=1S/C13H14ClN3O/c1-3-12-16-11(15)7-13(17-12)18-10-6-8(2)4-5-9(10)14/h4-7H,3H2,1-2H3,(H2,15,16,17). The third-order valence-electron chi connectivity index (χ3n) is 2.39. The van der Waals surface area contributed by atoms with Crippen molar-refractivity contribution >= 4 is 17.4 Å². The molecule has 1 aromatic heterocycles. The Balaban J connectivity index is 2.33. The number of nitrogen functional groups attached to an aromatic ring is 1. The van der Waals surface area contributed by atoms with Crippen LogP contribution in [0.1, 0.15) is 18.3 Å². The maximum absolute atomic E-state index is 6.06. The van der Waals surface area contributed by atoms with E-state index in [0.29, 0.717) is 34.7 Å². The van der Waals surface area contributed by atoms with Gasteiger partial charge >= 0.3 is 0 Å². The number of nitrogens with two attached hydrogens (primary N) is 1. The van der Waals surface area contributed by atoms with Crippen LogP contribution in [0.15, 0.2) is 24.3 Å². The van der Waals surface area contributed by atoms with E-state index in [1.54, 1.807) is 12.1 Å². The zero-order valence-electron chi connectivity index (χ0n) is 10.3. The number of hydrogen-bond donors (Lipinski definition) is 1. The molecule has 1 heterocycles. The van der Waals surface area contributed by atoms with Gasteiger partial charge in [0.15, 0.2) is 0 Å². The highest BCUT2D eigenvalue weighted by Crippen LogP contribution is 2.29. The highest BCUT2D eigenvalue weighted by Gasteiger charge is 2.07. The summed E-state index contributed by atoms with van der Waals surface area (Å²) in [4.78, 5) is 8.33. The minimum atomic E-state index is 0.389. The number of aryl methyl sites for hydroxylation is 2. The lowest BCUT2D eigenvalue weighted by Gasteiger charge is -2.09. The van der Waals surface area contributed by atoms with E-state index in [2.05, 4.69) is 9.97 Å². The third kappa shape index (κ3) is 2.90. The van der Waals surface area contributed by atoms with Gasteiger partial charge in [0, 0.05) is 12.5 Å². The Morgan fingerprint density at radius 3 is 2.78 bits per heavy atom. The van der Waals surface area contributed by atoms with Crippen LogP contribution in [0.3, 0.4) is 0 Å². The predicted octanol–water partition coefficient (Wildman–Crippen LogP) is 3.38. The largest absolute Gasteiger partial charge is 0.437 e. The average molecular weight is 264 g/mol. The Labute approximate surface area is 111 Å². The maximum atomic E-state index is 6.06. The van der Waals surface area contributed by atoms with E-state index in [9.17, 15) is 0 Å². The molecular formula is C13H14ClN3O. The Morgan fingerprint density at radius 1 is 1.28 bits per heavy atom. The Morgan fingerprint density at radius 2 is 2.06 bits per heavy atom.